The zero-order valence-electron chi connectivity index (χ0n) is 7.91. The van der Waals surface area contributed by atoms with Gasteiger partial charge in [-0.15, -0.1) is 0 Å². The molecule has 0 spiro atoms. The van der Waals surface area contributed by atoms with Crippen molar-refractivity contribution < 1.29 is 0 Å². The minimum Gasteiger partial charge on any atom is -0.347 e. The monoisotopic (exact) mass is 175 g/mol. The van der Waals surface area contributed by atoms with Crippen molar-refractivity contribution in [1.29, 1.82) is 0 Å². The summed E-state index contributed by atoms with van der Waals surface area (Å²) < 4.78 is 2.14. The highest BCUT2D eigenvalue weighted by Gasteiger charge is 1.99. The van der Waals surface area contributed by atoms with Crippen LogP contribution >= 0.6 is 0 Å². The Balaban J connectivity index is 2.19. The van der Waals surface area contributed by atoms with Crippen molar-refractivity contribution in [3.8, 4) is 0 Å². The highest BCUT2D eigenvalue weighted by Crippen LogP contribution is 2.08. The molecule has 2 heterocycles. The molecule has 0 amide bonds. The summed E-state index contributed by atoms with van der Waals surface area (Å²) >= 11 is 0. The van der Waals surface area contributed by atoms with E-state index in [1.165, 1.54) is 11.1 Å². The van der Waals surface area contributed by atoms with Crippen LogP contribution in [0.5, 0.6) is 0 Å². The second kappa shape index (κ2) is 3.09. The molecule has 13 heavy (non-hydrogen) atoms. The van der Waals surface area contributed by atoms with E-state index in [0.29, 0.717) is 0 Å². The highest BCUT2D eigenvalue weighted by molar-refractivity contribution is 5.21. The number of aromatic nitrogens is 3. The zero-order valence-corrected chi connectivity index (χ0v) is 7.91. The second-order valence-electron chi connectivity index (χ2n) is 3.33. The molecule has 0 saturated heterocycles. The third-order valence-electron chi connectivity index (χ3n) is 2.23. The van der Waals surface area contributed by atoms with Gasteiger partial charge in [-0.2, -0.15) is 0 Å². The quantitative estimate of drug-likeness (QED) is 0.742. The maximum Gasteiger partial charge on any atom is 0.126 e. The Kier molecular flexibility index (Phi) is 1.93. The maximum atomic E-state index is 4.17. The predicted molar refractivity (Wildman–Crippen MR) is 51.6 cm³/mol. The third-order valence-corrected chi connectivity index (χ3v) is 2.23. The first kappa shape index (κ1) is 8.10. The van der Waals surface area contributed by atoms with Crippen LogP contribution in [-0.4, -0.2) is 14.5 Å². The molecule has 2 aromatic heterocycles. The molecule has 0 fully saturated rings. The molecule has 1 N–H and O–H groups in total. The first-order valence-corrected chi connectivity index (χ1v) is 4.37. The molecule has 0 bridgehead atoms. The Morgan fingerprint density at radius 2 is 2.00 bits per heavy atom. The summed E-state index contributed by atoms with van der Waals surface area (Å²) in [6.45, 7) is 5.06. The molecule has 2 rings (SSSR count). The van der Waals surface area contributed by atoms with Crippen LogP contribution in [0.25, 0.3) is 0 Å². The Bertz CT molecular complexity index is 365. The van der Waals surface area contributed by atoms with Crippen molar-refractivity contribution in [3.63, 3.8) is 0 Å². The second-order valence-corrected chi connectivity index (χ2v) is 3.33. The number of nitrogens with zero attached hydrogens (tertiary/aromatic N) is 2. The smallest absolute Gasteiger partial charge is 0.126 e. The molecule has 0 unspecified atom stereocenters. The van der Waals surface area contributed by atoms with E-state index in [1.807, 2.05) is 6.20 Å². The van der Waals surface area contributed by atoms with Gasteiger partial charge < -0.3 is 9.55 Å². The van der Waals surface area contributed by atoms with Crippen LogP contribution in [0.2, 0.25) is 0 Å². The largest absolute Gasteiger partial charge is 0.347 e. The SMILES string of the molecule is Cc1cn(Cc2ncc[nH]2)cc1C. The number of hydrogen-bond acceptors (Lipinski definition) is 1. The summed E-state index contributed by atoms with van der Waals surface area (Å²) in [5.74, 6) is 0.995. The first-order chi connectivity index (χ1) is 6.25. The summed E-state index contributed by atoms with van der Waals surface area (Å²) in [5.41, 5.74) is 2.65. The van der Waals surface area contributed by atoms with Gasteiger partial charge in [0, 0.05) is 24.8 Å². The van der Waals surface area contributed by atoms with Crippen molar-refractivity contribution >= 4 is 0 Å². The Hall–Kier alpha value is -1.51. The lowest BCUT2D eigenvalue weighted by Crippen LogP contribution is -1.97. The van der Waals surface area contributed by atoms with Crippen LogP contribution in [0.15, 0.2) is 24.8 Å². The molecule has 3 nitrogen and oxygen atoms in total. The molecule has 0 atom stereocenters. The molecule has 0 saturated carbocycles. The van der Waals surface area contributed by atoms with Gasteiger partial charge in [-0.25, -0.2) is 4.98 Å². The average Bonchev–Trinajstić information content (AvgIpc) is 2.64. The van der Waals surface area contributed by atoms with Crippen LogP contribution in [-0.2, 0) is 6.54 Å². The maximum absolute atomic E-state index is 4.17. The van der Waals surface area contributed by atoms with E-state index in [2.05, 4.69) is 40.8 Å². The van der Waals surface area contributed by atoms with E-state index < -0.39 is 0 Å². The zero-order chi connectivity index (χ0) is 9.26. The Morgan fingerprint density at radius 1 is 1.31 bits per heavy atom. The molecule has 0 radical (unpaired) electrons. The van der Waals surface area contributed by atoms with Crippen LogP contribution in [0.3, 0.4) is 0 Å². The molecular formula is C10H13N3. The van der Waals surface area contributed by atoms with Crippen molar-refractivity contribution in [1.82, 2.24) is 14.5 Å². The lowest BCUT2D eigenvalue weighted by Gasteiger charge is -1.97. The molecule has 2 aromatic rings. The van der Waals surface area contributed by atoms with E-state index in [0.717, 1.165) is 12.4 Å². The van der Waals surface area contributed by atoms with Gasteiger partial charge in [-0.05, 0) is 25.0 Å². The van der Waals surface area contributed by atoms with E-state index in [9.17, 15) is 0 Å². The number of hydrogen-bond donors (Lipinski definition) is 1. The molecular weight excluding hydrogens is 162 g/mol. The molecule has 3 heteroatoms. The lowest BCUT2D eigenvalue weighted by atomic mass is 10.2. The lowest BCUT2D eigenvalue weighted by molar-refractivity contribution is 0.759. The summed E-state index contributed by atoms with van der Waals surface area (Å²) in [7, 11) is 0. The average molecular weight is 175 g/mol. The standard InChI is InChI=1S/C10H13N3/c1-8-5-13(6-9(8)2)7-10-11-3-4-12-10/h3-6H,7H2,1-2H3,(H,11,12). The number of rotatable bonds is 2. The Morgan fingerprint density at radius 3 is 2.54 bits per heavy atom. The van der Waals surface area contributed by atoms with Gasteiger partial charge in [0.25, 0.3) is 0 Å². The fraction of sp³-hybridized carbons (Fsp3) is 0.300. The molecule has 0 aliphatic heterocycles. The molecule has 0 aromatic carbocycles. The van der Waals surface area contributed by atoms with Crippen molar-refractivity contribution in [3.05, 3.63) is 41.7 Å². The van der Waals surface area contributed by atoms with Crippen LogP contribution in [0.1, 0.15) is 17.0 Å². The van der Waals surface area contributed by atoms with Gasteiger partial charge in [0.05, 0.1) is 6.54 Å². The summed E-state index contributed by atoms with van der Waals surface area (Å²) in [6.07, 6.45) is 7.90. The van der Waals surface area contributed by atoms with E-state index >= 15 is 0 Å². The minimum absolute atomic E-state index is 0.821. The summed E-state index contributed by atoms with van der Waals surface area (Å²) in [6, 6.07) is 0. The van der Waals surface area contributed by atoms with Gasteiger partial charge in [0.2, 0.25) is 0 Å². The van der Waals surface area contributed by atoms with Gasteiger partial charge in [0.1, 0.15) is 5.82 Å². The van der Waals surface area contributed by atoms with Gasteiger partial charge >= 0.3 is 0 Å². The minimum atomic E-state index is 0.821. The van der Waals surface area contributed by atoms with Crippen LogP contribution in [0, 0.1) is 13.8 Å². The number of aromatic amines is 1. The van der Waals surface area contributed by atoms with Crippen LogP contribution < -0.4 is 0 Å². The molecule has 0 aliphatic carbocycles. The topological polar surface area (TPSA) is 33.6 Å². The van der Waals surface area contributed by atoms with Gasteiger partial charge in [-0.3, -0.25) is 0 Å². The third kappa shape index (κ3) is 1.64. The van der Waals surface area contributed by atoms with Crippen molar-refractivity contribution in [2.45, 2.75) is 20.4 Å². The fourth-order valence-corrected chi connectivity index (χ4v) is 1.39. The first-order valence-electron chi connectivity index (χ1n) is 4.37. The van der Waals surface area contributed by atoms with Crippen LogP contribution in [0.4, 0.5) is 0 Å². The number of H-pyrrole nitrogens is 1. The van der Waals surface area contributed by atoms with E-state index in [1.54, 1.807) is 6.20 Å². The van der Waals surface area contributed by atoms with E-state index in [4.69, 9.17) is 0 Å². The summed E-state index contributed by atoms with van der Waals surface area (Å²) in [5, 5.41) is 0. The fourth-order valence-electron chi connectivity index (χ4n) is 1.39. The van der Waals surface area contributed by atoms with E-state index in [-0.39, 0.29) is 0 Å². The number of nitrogens with one attached hydrogen (secondary N) is 1. The highest BCUT2D eigenvalue weighted by atomic mass is 15.0. The van der Waals surface area contributed by atoms with Gasteiger partial charge in [-0.1, -0.05) is 0 Å². The van der Waals surface area contributed by atoms with Crippen molar-refractivity contribution in [2.24, 2.45) is 0 Å². The number of imidazole rings is 1. The predicted octanol–water partition coefficient (Wildman–Crippen LogP) is 1.88. The van der Waals surface area contributed by atoms with Crippen molar-refractivity contribution in [2.75, 3.05) is 0 Å². The number of aryl methyl sites for hydroxylation is 2. The Labute approximate surface area is 77.4 Å². The van der Waals surface area contributed by atoms with Gasteiger partial charge in [0.15, 0.2) is 0 Å². The molecule has 0 aliphatic rings. The normalized spacial score (nSPS) is 10.6. The summed E-state index contributed by atoms with van der Waals surface area (Å²) in [4.78, 5) is 7.26. The molecule has 68 valence electrons.